The molecule has 1 aliphatic heterocycles. The molecule has 1 atom stereocenters. The van der Waals surface area contributed by atoms with E-state index in [1.807, 2.05) is 99.6 Å². The molecule has 0 saturated heterocycles. The van der Waals surface area contributed by atoms with E-state index in [-0.39, 0.29) is 5.91 Å². The highest BCUT2D eigenvalue weighted by atomic mass is 35.5. The van der Waals surface area contributed by atoms with E-state index in [2.05, 4.69) is 29.7 Å². The molecule has 1 unspecified atom stereocenters. The van der Waals surface area contributed by atoms with Crippen LogP contribution in [0.3, 0.4) is 0 Å². The average molecular weight is 696 g/mol. The largest absolute Gasteiger partial charge is 0.492 e. The van der Waals surface area contributed by atoms with Crippen LogP contribution in [0.4, 0.5) is 11.6 Å². The van der Waals surface area contributed by atoms with Gasteiger partial charge in [-0.15, -0.1) is 5.10 Å². The second kappa shape index (κ2) is 15.5. The Morgan fingerprint density at radius 3 is 2.37 bits per heavy atom. The summed E-state index contributed by atoms with van der Waals surface area (Å²) in [5.41, 5.74) is 5.70. The molecule has 2 N–H and O–H groups in total. The third-order valence-electron chi connectivity index (χ3n) is 8.06. The number of benzene rings is 4. The van der Waals surface area contributed by atoms with Crippen LogP contribution in [0.2, 0.25) is 5.02 Å². The lowest BCUT2D eigenvalue weighted by Gasteiger charge is -2.29. The van der Waals surface area contributed by atoms with Gasteiger partial charge in [0.15, 0.2) is 11.5 Å². The predicted molar refractivity (Wildman–Crippen MR) is 195 cm³/mol. The zero-order valence-electron chi connectivity index (χ0n) is 27.8. The number of hydrogen-bond acceptors (Lipinski definition) is 8. The van der Waals surface area contributed by atoms with Gasteiger partial charge in [0.25, 0.3) is 5.91 Å². The molecule has 2 heterocycles. The summed E-state index contributed by atoms with van der Waals surface area (Å²) in [6.45, 7) is 9.06. The monoisotopic (exact) mass is 695 g/mol. The third-order valence-corrected chi connectivity index (χ3v) is 9.31. The number of ether oxygens (including phenoxy) is 3. The minimum absolute atomic E-state index is 0.300. The maximum Gasteiger partial charge on any atom is 0.255 e. The molecule has 49 heavy (non-hydrogen) atoms. The fraction of sp³-hybridized carbons (Fsp3) is 0.237. The van der Waals surface area contributed by atoms with E-state index in [1.54, 1.807) is 4.68 Å². The lowest BCUT2D eigenvalue weighted by molar-refractivity contribution is -0.113. The van der Waals surface area contributed by atoms with Crippen LogP contribution in [0.1, 0.15) is 49.1 Å². The van der Waals surface area contributed by atoms with E-state index >= 15 is 0 Å². The summed E-state index contributed by atoms with van der Waals surface area (Å²) >= 11 is 7.90. The molecule has 0 bridgehead atoms. The molecule has 0 spiro atoms. The van der Waals surface area contributed by atoms with Crippen LogP contribution in [-0.4, -0.2) is 33.9 Å². The van der Waals surface area contributed by atoms with Crippen LogP contribution < -0.4 is 24.8 Å². The van der Waals surface area contributed by atoms with Crippen molar-refractivity contribution in [1.29, 1.82) is 0 Å². The number of aryl methyl sites for hydroxylation is 1. The van der Waals surface area contributed by atoms with Gasteiger partial charge in [-0.2, -0.15) is 4.98 Å². The van der Waals surface area contributed by atoms with E-state index in [4.69, 9.17) is 35.9 Å². The Kier molecular flexibility index (Phi) is 10.8. The molecule has 6 rings (SSSR count). The first-order valence-corrected chi connectivity index (χ1v) is 17.5. The van der Waals surface area contributed by atoms with Crippen LogP contribution in [0.25, 0.3) is 0 Å². The van der Waals surface area contributed by atoms with Gasteiger partial charge in [0.1, 0.15) is 18.4 Å². The summed E-state index contributed by atoms with van der Waals surface area (Å²) in [6, 6.07) is 28.3. The van der Waals surface area contributed by atoms with E-state index in [0.717, 1.165) is 22.3 Å². The second-order valence-electron chi connectivity index (χ2n) is 11.3. The number of carbonyl (C=O) groups excluding carboxylic acids is 1. The number of para-hydroxylation sites is 2. The third kappa shape index (κ3) is 7.71. The van der Waals surface area contributed by atoms with Gasteiger partial charge in [-0.1, -0.05) is 84.0 Å². The number of halogens is 1. The number of thioether (sulfide) groups is 1. The minimum Gasteiger partial charge on any atom is -0.492 e. The van der Waals surface area contributed by atoms with Crippen LogP contribution in [0, 0.1) is 6.92 Å². The van der Waals surface area contributed by atoms with Crippen molar-refractivity contribution < 1.29 is 19.0 Å². The van der Waals surface area contributed by atoms with E-state index < -0.39 is 6.04 Å². The van der Waals surface area contributed by atoms with Crippen LogP contribution in [0.5, 0.6) is 17.2 Å². The zero-order valence-corrected chi connectivity index (χ0v) is 29.4. The quantitative estimate of drug-likeness (QED) is 0.118. The molecule has 11 heteroatoms. The van der Waals surface area contributed by atoms with Crippen molar-refractivity contribution in [2.24, 2.45) is 0 Å². The molecule has 0 radical (unpaired) electrons. The van der Waals surface area contributed by atoms with E-state index in [0.29, 0.717) is 75.9 Å². The van der Waals surface area contributed by atoms with Crippen LogP contribution >= 0.6 is 23.4 Å². The highest BCUT2D eigenvalue weighted by Gasteiger charge is 2.35. The Bertz CT molecular complexity index is 1990. The molecule has 0 fully saturated rings. The van der Waals surface area contributed by atoms with Crippen molar-refractivity contribution >= 4 is 40.9 Å². The van der Waals surface area contributed by atoms with Crippen LogP contribution in [-0.2, 0) is 17.2 Å². The van der Waals surface area contributed by atoms with Gasteiger partial charge in [0.2, 0.25) is 11.1 Å². The number of nitrogens with zero attached hydrogens (tertiary/aromatic N) is 3. The average Bonchev–Trinajstić information content (AvgIpc) is 3.50. The van der Waals surface area contributed by atoms with Gasteiger partial charge >= 0.3 is 0 Å². The van der Waals surface area contributed by atoms with Gasteiger partial charge in [-0.25, -0.2) is 4.68 Å². The van der Waals surface area contributed by atoms with E-state index in [9.17, 15) is 4.79 Å². The molecule has 9 nitrogen and oxygen atoms in total. The molecule has 5 aromatic rings. The highest BCUT2D eigenvalue weighted by molar-refractivity contribution is 7.98. The summed E-state index contributed by atoms with van der Waals surface area (Å²) in [4.78, 5) is 19.1. The summed E-state index contributed by atoms with van der Waals surface area (Å²) in [5.74, 6) is 2.57. The van der Waals surface area contributed by atoms with Crippen molar-refractivity contribution in [3.63, 3.8) is 0 Å². The number of anilines is 2. The minimum atomic E-state index is -0.637. The van der Waals surface area contributed by atoms with Gasteiger partial charge < -0.3 is 24.8 Å². The standard InChI is InChI=1S/C38H38ClN5O4S/c1-5-46-31-18-12-11-17-30(31)41-36(45)34-25(4)40-37-42-38(49-23-28-15-9-10-16-29(28)39)43-44(37)35(34)26-19-20-32(33(21-26)47-6-2)48-22-27-14-8-7-13-24(27)3/h7-21,35H,5-6,22-23H2,1-4H3,(H,41,45)(H,40,42,43). The first-order chi connectivity index (χ1) is 23.9. The summed E-state index contributed by atoms with van der Waals surface area (Å²) in [6.07, 6.45) is 0. The smallest absolute Gasteiger partial charge is 0.255 e. The molecule has 4 aromatic carbocycles. The maximum atomic E-state index is 14.2. The first-order valence-electron chi connectivity index (χ1n) is 16.1. The second-order valence-corrected chi connectivity index (χ2v) is 12.7. The number of rotatable bonds is 13. The Morgan fingerprint density at radius 1 is 0.878 bits per heavy atom. The van der Waals surface area contributed by atoms with Gasteiger partial charge in [-0.05, 0) is 80.3 Å². The summed E-state index contributed by atoms with van der Waals surface area (Å²) in [7, 11) is 0. The lowest BCUT2D eigenvalue weighted by atomic mass is 9.94. The number of fused-ring (bicyclic) bond motifs is 1. The molecule has 1 amide bonds. The van der Waals surface area contributed by atoms with Gasteiger partial charge in [-0.3, -0.25) is 4.79 Å². The number of amides is 1. The molecular weight excluding hydrogens is 658 g/mol. The summed E-state index contributed by atoms with van der Waals surface area (Å²) in [5, 5.41) is 12.5. The Labute approximate surface area is 295 Å². The number of hydrogen-bond donors (Lipinski definition) is 2. The maximum absolute atomic E-state index is 14.2. The molecule has 252 valence electrons. The Hall–Kier alpha value is -4.93. The van der Waals surface area contributed by atoms with Crippen molar-refractivity contribution in [3.05, 3.63) is 130 Å². The van der Waals surface area contributed by atoms with E-state index in [1.165, 1.54) is 11.8 Å². The van der Waals surface area contributed by atoms with Crippen molar-refractivity contribution in [2.45, 2.75) is 51.3 Å². The lowest BCUT2D eigenvalue weighted by Crippen LogP contribution is -2.31. The Morgan fingerprint density at radius 2 is 1.59 bits per heavy atom. The molecule has 1 aliphatic rings. The molecule has 1 aromatic heterocycles. The normalized spacial score (nSPS) is 13.8. The Balaban J connectivity index is 1.37. The molecule has 0 saturated carbocycles. The molecule has 0 aliphatic carbocycles. The topological polar surface area (TPSA) is 99.5 Å². The predicted octanol–water partition coefficient (Wildman–Crippen LogP) is 8.84. The van der Waals surface area contributed by atoms with Crippen molar-refractivity contribution in [2.75, 3.05) is 23.8 Å². The fourth-order valence-electron chi connectivity index (χ4n) is 5.60. The fourth-order valence-corrected chi connectivity index (χ4v) is 6.72. The van der Waals surface area contributed by atoms with Crippen molar-refractivity contribution in [3.8, 4) is 17.2 Å². The molecular formula is C38H38ClN5O4S. The zero-order chi connectivity index (χ0) is 34.3. The number of allylic oxidation sites excluding steroid dienone is 1. The van der Waals surface area contributed by atoms with Gasteiger partial charge in [0, 0.05) is 16.5 Å². The first kappa shape index (κ1) is 34.0. The SMILES string of the molecule is CCOc1ccccc1NC(=O)C1=C(C)Nc2nc(SCc3ccccc3Cl)nn2C1c1ccc(OCc2ccccc2C)c(OCC)c1. The number of nitrogens with one attached hydrogen (secondary N) is 2. The van der Waals surface area contributed by atoms with Crippen molar-refractivity contribution in [1.82, 2.24) is 14.8 Å². The summed E-state index contributed by atoms with van der Waals surface area (Å²) < 4.78 is 19.9. The van der Waals surface area contributed by atoms with Gasteiger partial charge in [0.05, 0.1) is 24.5 Å². The van der Waals surface area contributed by atoms with Crippen LogP contribution in [0.15, 0.2) is 107 Å². The highest BCUT2D eigenvalue weighted by Crippen LogP contribution is 2.41. The number of aromatic nitrogens is 3. The number of carbonyl (C=O) groups is 1.